The number of aromatic nitrogens is 2. The maximum Gasteiger partial charge on any atom is 0.220 e. The van der Waals surface area contributed by atoms with Crippen LogP contribution in [-0.2, 0) is 4.79 Å². The van der Waals surface area contributed by atoms with Gasteiger partial charge in [-0.25, -0.2) is 0 Å². The van der Waals surface area contributed by atoms with E-state index in [0.717, 1.165) is 5.56 Å². The molecule has 1 unspecified atom stereocenters. The molecular formula is C8H13N3O. The van der Waals surface area contributed by atoms with Crippen LogP contribution < -0.4 is 5.32 Å². The molecule has 66 valence electrons. The van der Waals surface area contributed by atoms with Gasteiger partial charge in [0.1, 0.15) is 0 Å². The number of hydrogen-bond donors (Lipinski definition) is 2. The minimum absolute atomic E-state index is 0.0381. The van der Waals surface area contributed by atoms with Crippen molar-refractivity contribution in [3.05, 3.63) is 18.0 Å². The number of amides is 1. The van der Waals surface area contributed by atoms with Gasteiger partial charge in [0.05, 0.1) is 12.2 Å². The number of hydrogen-bond acceptors (Lipinski definition) is 2. The Balaban J connectivity index is 2.49. The van der Waals surface area contributed by atoms with Crippen LogP contribution in [0.3, 0.4) is 0 Å². The highest BCUT2D eigenvalue weighted by Gasteiger charge is 2.07. The van der Waals surface area contributed by atoms with E-state index in [1.807, 2.05) is 13.8 Å². The molecule has 4 heteroatoms. The predicted octanol–water partition coefficient (Wildman–Crippen LogP) is 0.997. The molecule has 12 heavy (non-hydrogen) atoms. The van der Waals surface area contributed by atoms with Gasteiger partial charge in [0.25, 0.3) is 0 Å². The number of H-pyrrole nitrogens is 1. The van der Waals surface area contributed by atoms with Crippen LogP contribution in [0.25, 0.3) is 0 Å². The first-order valence-electron chi connectivity index (χ1n) is 4.02. The molecule has 0 aliphatic heterocycles. The first-order chi connectivity index (χ1) is 5.74. The summed E-state index contributed by atoms with van der Waals surface area (Å²) in [5.74, 6) is 0.0590. The number of rotatable bonds is 3. The number of nitrogens with one attached hydrogen (secondary N) is 2. The molecular weight excluding hydrogens is 154 g/mol. The van der Waals surface area contributed by atoms with Gasteiger partial charge in [-0.3, -0.25) is 9.89 Å². The van der Waals surface area contributed by atoms with E-state index in [2.05, 4.69) is 15.5 Å². The van der Waals surface area contributed by atoms with Crippen molar-refractivity contribution in [2.75, 3.05) is 0 Å². The molecule has 0 aliphatic carbocycles. The van der Waals surface area contributed by atoms with Crippen LogP contribution in [0.1, 0.15) is 31.9 Å². The Hall–Kier alpha value is -1.32. The highest BCUT2D eigenvalue weighted by Crippen LogP contribution is 2.08. The third-order valence-electron chi connectivity index (χ3n) is 1.72. The Bertz CT molecular complexity index is 243. The maximum absolute atomic E-state index is 11.0. The number of carbonyl (C=O) groups is 1. The maximum atomic E-state index is 11.0. The van der Waals surface area contributed by atoms with Crippen molar-refractivity contribution in [2.24, 2.45) is 0 Å². The van der Waals surface area contributed by atoms with Crippen LogP contribution in [0, 0.1) is 0 Å². The summed E-state index contributed by atoms with van der Waals surface area (Å²) in [6.45, 7) is 3.76. The normalized spacial score (nSPS) is 12.5. The summed E-state index contributed by atoms with van der Waals surface area (Å²) < 4.78 is 0. The van der Waals surface area contributed by atoms with Crippen molar-refractivity contribution in [1.29, 1.82) is 0 Å². The summed E-state index contributed by atoms with van der Waals surface area (Å²) >= 11 is 0. The number of nitrogens with zero attached hydrogens (tertiary/aromatic N) is 1. The van der Waals surface area contributed by atoms with Crippen molar-refractivity contribution < 1.29 is 4.79 Å². The molecule has 2 N–H and O–H groups in total. The average molecular weight is 167 g/mol. The fourth-order valence-corrected chi connectivity index (χ4v) is 0.925. The lowest BCUT2D eigenvalue weighted by atomic mass is 10.2. The summed E-state index contributed by atoms with van der Waals surface area (Å²) in [7, 11) is 0. The first-order valence-corrected chi connectivity index (χ1v) is 4.02. The number of carbonyl (C=O) groups excluding carboxylic acids is 1. The van der Waals surface area contributed by atoms with Crippen molar-refractivity contribution in [3.8, 4) is 0 Å². The molecule has 4 nitrogen and oxygen atoms in total. The smallest absolute Gasteiger partial charge is 0.220 e. The Morgan fingerprint density at radius 2 is 2.58 bits per heavy atom. The summed E-state index contributed by atoms with van der Waals surface area (Å²) in [4.78, 5) is 11.0. The van der Waals surface area contributed by atoms with Crippen molar-refractivity contribution in [1.82, 2.24) is 15.5 Å². The van der Waals surface area contributed by atoms with E-state index in [9.17, 15) is 4.79 Å². The predicted molar refractivity (Wildman–Crippen MR) is 45.4 cm³/mol. The molecule has 0 aliphatic rings. The van der Waals surface area contributed by atoms with Crippen LogP contribution in [0.15, 0.2) is 12.4 Å². The molecule has 0 radical (unpaired) electrons. The first kappa shape index (κ1) is 8.77. The second-order valence-electron chi connectivity index (χ2n) is 2.67. The molecule has 1 aromatic rings. The Morgan fingerprint density at radius 3 is 3.08 bits per heavy atom. The van der Waals surface area contributed by atoms with Crippen molar-refractivity contribution in [3.63, 3.8) is 0 Å². The van der Waals surface area contributed by atoms with E-state index in [1.165, 1.54) is 0 Å². The Kier molecular flexibility index (Phi) is 2.85. The van der Waals surface area contributed by atoms with Gasteiger partial charge in [-0.15, -0.1) is 0 Å². The zero-order chi connectivity index (χ0) is 8.97. The summed E-state index contributed by atoms with van der Waals surface area (Å²) in [6.07, 6.45) is 4.00. The molecule has 1 amide bonds. The van der Waals surface area contributed by atoms with Crippen LogP contribution >= 0.6 is 0 Å². The quantitative estimate of drug-likeness (QED) is 0.705. The van der Waals surface area contributed by atoms with E-state index >= 15 is 0 Å². The zero-order valence-electron chi connectivity index (χ0n) is 7.29. The van der Waals surface area contributed by atoms with E-state index < -0.39 is 0 Å². The van der Waals surface area contributed by atoms with Crippen molar-refractivity contribution >= 4 is 5.91 Å². The molecule has 1 atom stereocenters. The highest BCUT2D eigenvalue weighted by molar-refractivity contribution is 5.75. The van der Waals surface area contributed by atoms with Crippen LogP contribution in [0.5, 0.6) is 0 Å². The lowest BCUT2D eigenvalue weighted by Crippen LogP contribution is -2.25. The molecule has 1 aromatic heterocycles. The van der Waals surface area contributed by atoms with Crippen LogP contribution in [0.4, 0.5) is 0 Å². The van der Waals surface area contributed by atoms with E-state index in [0.29, 0.717) is 6.42 Å². The Morgan fingerprint density at radius 1 is 1.83 bits per heavy atom. The lowest BCUT2D eigenvalue weighted by Gasteiger charge is -2.10. The molecule has 1 heterocycles. The SMILES string of the molecule is CCC(=O)NC(C)c1cn[nH]c1. The molecule has 0 aromatic carbocycles. The molecule has 1 rings (SSSR count). The van der Waals surface area contributed by atoms with Gasteiger partial charge in [-0.2, -0.15) is 5.10 Å². The molecule has 0 spiro atoms. The van der Waals surface area contributed by atoms with Crippen LogP contribution in [0.2, 0.25) is 0 Å². The highest BCUT2D eigenvalue weighted by atomic mass is 16.1. The average Bonchev–Trinajstić information content (AvgIpc) is 2.56. The van der Waals surface area contributed by atoms with Crippen LogP contribution in [-0.4, -0.2) is 16.1 Å². The summed E-state index contributed by atoms with van der Waals surface area (Å²) in [5, 5.41) is 9.33. The fraction of sp³-hybridized carbons (Fsp3) is 0.500. The van der Waals surface area contributed by atoms with Gasteiger partial charge < -0.3 is 5.32 Å². The second kappa shape index (κ2) is 3.90. The van der Waals surface area contributed by atoms with Crippen molar-refractivity contribution in [2.45, 2.75) is 26.3 Å². The van der Waals surface area contributed by atoms with E-state index in [1.54, 1.807) is 12.4 Å². The summed E-state index contributed by atoms with van der Waals surface area (Å²) in [6, 6.07) is 0.0381. The second-order valence-corrected chi connectivity index (χ2v) is 2.67. The minimum Gasteiger partial charge on any atom is -0.349 e. The standard InChI is InChI=1S/C8H13N3O/c1-3-8(12)11-6(2)7-4-9-10-5-7/h4-6H,3H2,1-2H3,(H,9,10)(H,11,12). The van der Waals surface area contributed by atoms with Gasteiger partial charge >= 0.3 is 0 Å². The molecule has 0 bridgehead atoms. The zero-order valence-corrected chi connectivity index (χ0v) is 7.29. The molecule has 0 saturated heterocycles. The number of aromatic amines is 1. The van der Waals surface area contributed by atoms with Gasteiger partial charge in [-0.05, 0) is 6.92 Å². The topological polar surface area (TPSA) is 57.8 Å². The molecule has 0 fully saturated rings. The third-order valence-corrected chi connectivity index (χ3v) is 1.72. The minimum atomic E-state index is 0.0381. The lowest BCUT2D eigenvalue weighted by molar-refractivity contribution is -0.121. The van der Waals surface area contributed by atoms with E-state index in [-0.39, 0.29) is 11.9 Å². The third kappa shape index (κ3) is 2.08. The van der Waals surface area contributed by atoms with Gasteiger partial charge in [0.2, 0.25) is 5.91 Å². The fourth-order valence-electron chi connectivity index (χ4n) is 0.925. The van der Waals surface area contributed by atoms with Gasteiger partial charge in [0, 0.05) is 18.2 Å². The van der Waals surface area contributed by atoms with Gasteiger partial charge in [0.15, 0.2) is 0 Å². The van der Waals surface area contributed by atoms with Gasteiger partial charge in [-0.1, -0.05) is 6.92 Å². The largest absolute Gasteiger partial charge is 0.349 e. The van der Waals surface area contributed by atoms with E-state index in [4.69, 9.17) is 0 Å². The monoisotopic (exact) mass is 167 g/mol. The Labute approximate surface area is 71.4 Å². The summed E-state index contributed by atoms with van der Waals surface area (Å²) in [5.41, 5.74) is 0.997. The molecule has 0 saturated carbocycles.